The molecule has 0 radical (unpaired) electrons. The Bertz CT molecular complexity index is 1100. The Morgan fingerprint density at radius 1 is 1.21 bits per heavy atom. The van der Waals surface area contributed by atoms with Crippen molar-refractivity contribution >= 4 is 65.6 Å². The minimum Gasteiger partial charge on any atom is -0.308 e. The van der Waals surface area contributed by atoms with Crippen LogP contribution in [0.25, 0.3) is 5.78 Å². The van der Waals surface area contributed by atoms with Crippen molar-refractivity contribution in [2.24, 2.45) is 7.05 Å². The van der Waals surface area contributed by atoms with Gasteiger partial charge in [-0.1, -0.05) is 6.07 Å². The molecule has 0 aliphatic rings. The summed E-state index contributed by atoms with van der Waals surface area (Å²) in [5, 5.41) is 3.57. The molecule has 0 aliphatic carbocycles. The lowest BCUT2D eigenvalue weighted by Crippen LogP contribution is -2.15. The van der Waals surface area contributed by atoms with Crippen LogP contribution in [0.2, 0.25) is 0 Å². The summed E-state index contributed by atoms with van der Waals surface area (Å²) in [6, 6.07) is 5.20. The van der Waals surface area contributed by atoms with Gasteiger partial charge in [0.25, 0.3) is 21.0 Å². The van der Waals surface area contributed by atoms with E-state index in [2.05, 4.69) is 51.6 Å². The molecule has 3 rings (SSSR count). The van der Waals surface area contributed by atoms with Gasteiger partial charge in [-0.3, -0.25) is 4.72 Å². The van der Waals surface area contributed by atoms with Gasteiger partial charge in [-0.05, 0) is 63.1 Å². The second kappa shape index (κ2) is 6.17. The number of benzene rings is 1. The van der Waals surface area contributed by atoms with E-state index in [1.54, 1.807) is 36.7 Å². The molecule has 126 valence electrons. The van der Waals surface area contributed by atoms with Gasteiger partial charge < -0.3 is 4.57 Å². The number of halogens is 2. The van der Waals surface area contributed by atoms with Crippen LogP contribution in [-0.4, -0.2) is 32.6 Å². The van der Waals surface area contributed by atoms with Crippen molar-refractivity contribution in [3.63, 3.8) is 0 Å². The largest absolute Gasteiger partial charge is 0.308 e. The molecule has 2 aromatic heterocycles. The Morgan fingerprint density at radius 2 is 1.83 bits per heavy atom. The van der Waals surface area contributed by atoms with E-state index in [1.165, 1.54) is 4.52 Å². The highest BCUT2D eigenvalue weighted by atomic mass is 79.9. The van der Waals surface area contributed by atoms with Gasteiger partial charge in [0, 0.05) is 16.0 Å². The lowest BCUT2D eigenvalue weighted by atomic mass is 10.3. The van der Waals surface area contributed by atoms with Crippen LogP contribution < -0.4 is 4.72 Å². The number of anilines is 1. The van der Waals surface area contributed by atoms with E-state index < -0.39 is 15.2 Å². The number of para-hydroxylation sites is 1. The number of fused-ring (bicyclic) bond motifs is 1. The van der Waals surface area contributed by atoms with Gasteiger partial charge in [-0.25, -0.2) is 0 Å². The normalized spacial score (nSPS) is 11.8. The first-order valence-electron chi connectivity index (χ1n) is 6.48. The van der Waals surface area contributed by atoms with Crippen LogP contribution >= 0.6 is 44.1 Å². The summed E-state index contributed by atoms with van der Waals surface area (Å²) in [6.45, 7) is 1.75. The van der Waals surface area contributed by atoms with E-state index in [0.29, 0.717) is 25.2 Å². The standard InChI is InChI=1S/C12H10Br2N6O2S2/c1-6-15-10-16-11(17-20(10)12(23)19(6)2)24(21,22)18-9-7(13)4-3-5-8(9)14/h3-5,18H,1-2H3. The van der Waals surface area contributed by atoms with Crippen molar-refractivity contribution in [3.8, 4) is 0 Å². The van der Waals surface area contributed by atoms with Crippen molar-refractivity contribution in [3.05, 3.63) is 37.7 Å². The van der Waals surface area contributed by atoms with Crippen LogP contribution in [0.4, 0.5) is 5.69 Å². The number of aromatic nitrogens is 5. The molecule has 3 aromatic rings. The predicted octanol–water partition coefficient (Wildman–Crippen LogP) is 2.83. The number of aryl methyl sites for hydroxylation is 1. The summed E-state index contributed by atoms with van der Waals surface area (Å²) in [5.41, 5.74) is 0.352. The summed E-state index contributed by atoms with van der Waals surface area (Å²) in [4.78, 5) is 8.17. The summed E-state index contributed by atoms with van der Waals surface area (Å²) in [7, 11) is -2.29. The molecule has 0 saturated heterocycles. The first-order valence-corrected chi connectivity index (χ1v) is 9.95. The maximum Gasteiger partial charge on any atom is 0.299 e. The number of hydrogen-bond donors (Lipinski definition) is 1. The Hall–Kier alpha value is -1.37. The fourth-order valence-corrected chi connectivity index (χ4v) is 4.56. The smallest absolute Gasteiger partial charge is 0.299 e. The summed E-state index contributed by atoms with van der Waals surface area (Å²) >= 11 is 11.8. The highest BCUT2D eigenvalue weighted by molar-refractivity contribution is 9.11. The molecule has 0 bridgehead atoms. The zero-order valence-electron chi connectivity index (χ0n) is 12.4. The second-order valence-corrected chi connectivity index (χ2v) is 8.46. The van der Waals surface area contributed by atoms with Crippen molar-refractivity contribution in [1.29, 1.82) is 0 Å². The van der Waals surface area contributed by atoms with E-state index in [9.17, 15) is 8.42 Å². The van der Waals surface area contributed by atoms with Gasteiger partial charge in [-0.15, -0.1) is 5.10 Å². The third-order valence-corrected chi connectivity index (χ3v) is 6.12. The number of sulfonamides is 1. The first kappa shape index (κ1) is 17.5. The predicted molar refractivity (Wildman–Crippen MR) is 98.0 cm³/mol. The molecule has 0 aliphatic heterocycles. The quantitative estimate of drug-likeness (QED) is 0.564. The lowest BCUT2D eigenvalue weighted by Gasteiger charge is -2.08. The van der Waals surface area contributed by atoms with Crippen LogP contribution in [0.15, 0.2) is 32.3 Å². The molecular weight excluding hydrogens is 484 g/mol. The number of hydrogen-bond acceptors (Lipinski definition) is 6. The summed E-state index contributed by atoms with van der Waals surface area (Å²) in [5.74, 6) is 0.729. The molecule has 24 heavy (non-hydrogen) atoms. The minimum absolute atomic E-state index is 0.127. The van der Waals surface area contributed by atoms with Gasteiger partial charge in [0.1, 0.15) is 5.82 Å². The van der Waals surface area contributed by atoms with Crippen molar-refractivity contribution in [1.82, 2.24) is 24.1 Å². The van der Waals surface area contributed by atoms with Crippen LogP contribution in [0, 0.1) is 11.7 Å². The molecular formula is C12H10Br2N6O2S2. The zero-order valence-corrected chi connectivity index (χ0v) is 17.2. The maximum atomic E-state index is 12.6. The molecule has 1 aromatic carbocycles. The van der Waals surface area contributed by atoms with Crippen molar-refractivity contribution in [2.45, 2.75) is 12.1 Å². The molecule has 12 heteroatoms. The van der Waals surface area contributed by atoms with Gasteiger partial charge in [-0.2, -0.15) is 22.9 Å². The first-order chi connectivity index (χ1) is 11.2. The third-order valence-electron chi connectivity index (χ3n) is 3.23. The van der Waals surface area contributed by atoms with Crippen LogP contribution in [0.1, 0.15) is 5.82 Å². The fraction of sp³-hybridized carbons (Fsp3) is 0.167. The molecule has 0 unspecified atom stereocenters. The fourth-order valence-electron chi connectivity index (χ4n) is 1.88. The average Bonchev–Trinajstić information content (AvgIpc) is 2.94. The average molecular weight is 494 g/mol. The molecule has 0 amide bonds. The van der Waals surface area contributed by atoms with E-state index in [0.717, 1.165) is 0 Å². The van der Waals surface area contributed by atoms with Gasteiger partial charge in [0.05, 0.1) is 5.69 Å². The van der Waals surface area contributed by atoms with Crippen LogP contribution in [-0.2, 0) is 17.1 Å². The number of nitrogens with zero attached hydrogens (tertiary/aromatic N) is 5. The third kappa shape index (κ3) is 2.98. The monoisotopic (exact) mass is 492 g/mol. The van der Waals surface area contributed by atoms with E-state index >= 15 is 0 Å². The van der Waals surface area contributed by atoms with Crippen molar-refractivity contribution in [2.75, 3.05) is 4.72 Å². The Kier molecular flexibility index (Phi) is 4.49. The van der Waals surface area contributed by atoms with Crippen LogP contribution in [0.3, 0.4) is 0 Å². The second-order valence-electron chi connectivity index (χ2n) is 4.81. The van der Waals surface area contributed by atoms with Gasteiger partial charge >= 0.3 is 0 Å². The van der Waals surface area contributed by atoms with E-state index in [-0.39, 0.29) is 5.78 Å². The van der Waals surface area contributed by atoms with E-state index in [4.69, 9.17) is 12.2 Å². The highest BCUT2D eigenvalue weighted by Gasteiger charge is 2.24. The SMILES string of the molecule is Cc1nc2nc(S(=O)(=O)Nc3c(Br)cccc3Br)nn2c(=S)n1C. The van der Waals surface area contributed by atoms with Crippen molar-refractivity contribution < 1.29 is 8.42 Å². The lowest BCUT2D eigenvalue weighted by molar-refractivity contribution is 0.591. The zero-order chi connectivity index (χ0) is 17.6. The minimum atomic E-state index is -4.01. The van der Waals surface area contributed by atoms with E-state index in [1.807, 2.05) is 0 Å². The molecule has 0 atom stereocenters. The highest BCUT2D eigenvalue weighted by Crippen LogP contribution is 2.32. The van der Waals surface area contributed by atoms with Crippen LogP contribution in [0.5, 0.6) is 0 Å². The van der Waals surface area contributed by atoms with Gasteiger partial charge in [0.15, 0.2) is 0 Å². The molecule has 1 N–H and O–H groups in total. The van der Waals surface area contributed by atoms with Gasteiger partial charge in [0.2, 0.25) is 4.77 Å². The Balaban J connectivity index is 2.12. The molecule has 0 spiro atoms. The topological polar surface area (TPSA) is 94.2 Å². The Morgan fingerprint density at radius 3 is 2.46 bits per heavy atom. The molecule has 0 saturated carbocycles. The molecule has 0 fully saturated rings. The maximum absolute atomic E-state index is 12.6. The summed E-state index contributed by atoms with van der Waals surface area (Å²) in [6.07, 6.45) is 0. The summed E-state index contributed by atoms with van der Waals surface area (Å²) < 4.78 is 31.9. The molecule has 8 nitrogen and oxygen atoms in total. The Labute approximate surface area is 159 Å². The molecule has 2 heterocycles. The number of rotatable bonds is 3. The number of nitrogens with one attached hydrogen (secondary N) is 1.